The van der Waals surface area contributed by atoms with E-state index in [2.05, 4.69) is 10.6 Å². The van der Waals surface area contributed by atoms with Gasteiger partial charge in [0, 0.05) is 24.4 Å². The molecule has 1 fully saturated rings. The highest BCUT2D eigenvalue weighted by Crippen LogP contribution is 2.16. The van der Waals surface area contributed by atoms with E-state index in [1.54, 1.807) is 13.0 Å². The molecule has 6 heteroatoms. The Morgan fingerprint density at radius 3 is 2.74 bits per heavy atom. The van der Waals surface area contributed by atoms with Crippen molar-refractivity contribution >= 4 is 15.7 Å². The zero-order chi connectivity index (χ0) is 14.0. The predicted octanol–water partition coefficient (Wildman–Crippen LogP) is 0.490. The first-order valence-corrected chi connectivity index (χ1v) is 8.09. The normalized spacial score (nSPS) is 19.4. The Hall–Kier alpha value is -1.40. The first-order chi connectivity index (χ1) is 8.88. The zero-order valence-electron chi connectivity index (χ0n) is 11.1. The number of carbonyl (C=O) groups excluding carboxylic acids is 1. The summed E-state index contributed by atoms with van der Waals surface area (Å²) in [5.74, 6) is -0.211. The third kappa shape index (κ3) is 3.33. The fourth-order valence-electron chi connectivity index (χ4n) is 2.12. The lowest BCUT2D eigenvalue weighted by molar-refractivity contribution is 0.0939. The van der Waals surface area contributed by atoms with Crippen LogP contribution in [0.25, 0.3) is 0 Å². The van der Waals surface area contributed by atoms with Crippen LogP contribution in [0.15, 0.2) is 23.1 Å². The maximum Gasteiger partial charge on any atom is 0.251 e. The molecule has 0 saturated carbocycles. The predicted molar refractivity (Wildman–Crippen MR) is 73.0 cm³/mol. The van der Waals surface area contributed by atoms with Gasteiger partial charge in [0.25, 0.3) is 5.91 Å². The van der Waals surface area contributed by atoms with E-state index in [0.29, 0.717) is 5.56 Å². The van der Waals surface area contributed by atoms with Gasteiger partial charge < -0.3 is 10.6 Å². The summed E-state index contributed by atoms with van der Waals surface area (Å²) in [6.45, 7) is 3.46. The van der Waals surface area contributed by atoms with Crippen LogP contribution in [0.2, 0.25) is 0 Å². The van der Waals surface area contributed by atoms with Crippen molar-refractivity contribution in [2.75, 3.05) is 19.3 Å². The molecule has 104 valence electrons. The topological polar surface area (TPSA) is 75.3 Å². The minimum atomic E-state index is -3.30. The van der Waals surface area contributed by atoms with Crippen molar-refractivity contribution in [3.05, 3.63) is 29.3 Å². The maximum absolute atomic E-state index is 12.2. The Morgan fingerprint density at radius 2 is 2.16 bits per heavy atom. The second-order valence-electron chi connectivity index (χ2n) is 4.91. The molecule has 1 aromatic rings. The van der Waals surface area contributed by atoms with E-state index in [0.717, 1.165) is 31.3 Å². The van der Waals surface area contributed by atoms with Gasteiger partial charge in [0.05, 0.1) is 4.90 Å². The second kappa shape index (κ2) is 5.30. The molecule has 1 aliphatic rings. The van der Waals surface area contributed by atoms with Crippen LogP contribution in [-0.4, -0.2) is 39.7 Å². The molecular formula is C13H18N2O3S. The third-order valence-corrected chi connectivity index (χ3v) is 4.39. The second-order valence-corrected chi connectivity index (χ2v) is 6.93. The lowest BCUT2D eigenvalue weighted by atomic mass is 10.1. The van der Waals surface area contributed by atoms with Gasteiger partial charge in [-0.3, -0.25) is 4.79 Å². The van der Waals surface area contributed by atoms with E-state index in [-0.39, 0.29) is 16.8 Å². The largest absolute Gasteiger partial charge is 0.348 e. The number of amides is 1. The molecule has 2 N–H and O–H groups in total. The van der Waals surface area contributed by atoms with Gasteiger partial charge in [0.15, 0.2) is 9.84 Å². The lowest BCUT2D eigenvalue weighted by Crippen LogP contribution is -2.36. The van der Waals surface area contributed by atoms with Crippen LogP contribution in [0.3, 0.4) is 0 Å². The van der Waals surface area contributed by atoms with Gasteiger partial charge in [-0.1, -0.05) is 6.07 Å². The van der Waals surface area contributed by atoms with Gasteiger partial charge in [-0.2, -0.15) is 0 Å². The van der Waals surface area contributed by atoms with Gasteiger partial charge in [-0.15, -0.1) is 0 Å². The fourth-order valence-corrected chi connectivity index (χ4v) is 2.76. The number of nitrogens with one attached hydrogen (secondary N) is 2. The molecule has 1 atom stereocenters. The van der Waals surface area contributed by atoms with Crippen molar-refractivity contribution < 1.29 is 13.2 Å². The van der Waals surface area contributed by atoms with Gasteiger partial charge in [-0.05, 0) is 37.6 Å². The van der Waals surface area contributed by atoms with Gasteiger partial charge in [-0.25, -0.2) is 8.42 Å². The van der Waals surface area contributed by atoms with E-state index in [1.165, 1.54) is 12.1 Å². The molecule has 1 aliphatic heterocycles. The third-order valence-electron chi connectivity index (χ3n) is 3.28. The number of sulfone groups is 1. The average molecular weight is 282 g/mol. The summed E-state index contributed by atoms with van der Waals surface area (Å²) in [6, 6.07) is 4.76. The molecule has 1 unspecified atom stereocenters. The molecule has 1 saturated heterocycles. The molecule has 1 heterocycles. The molecule has 1 aromatic carbocycles. The summed E-state index contributed by atoms with van der Waals surface area (Å²) in [7, 11) is -3.30. The van der Waals surface area contributed by atoms with Gasteiger partial charge in [0.1, 0.15) is 0 Å². The lowest BCUT2D eigenvalue weighted by Gasteiger charge is -2.13. The highest BCUT2D eigenvalue weighted by Gasteiger charge is 2.19. The Labute approximate surface area is 113 Å². The first kappa shape index (κ1) is 14.0. The fraction of sp³-hybridized carbons (Fsp3) is 0.462. The number of hydrogen-bond donors (Lipinski definition) is 2. The van der Waals surface area contributed by atoms with Crippen LogP contribution in [-0.2, 0) is 9.84 Å². The number of benzene rings is 1. The Kier molecular flexibility index (Phi) is 3.91. The van der Waals surface area contributed by atoms with Crippen molar-refractivity contribution in [2.45, 2.75) is 24.3 Å². The molecular weight excluding hydrogens is 264 g/mol. The van der Waals surface area contributed by atoms with E-state index in [4.69, 9.17) is 0 Å². The summed E-state index contributed by atoms with van der Waals surface area (Å²) in [5, 5.41) is 6.09. The summed E-state index contributed by atoms with van der Waals surface area (Å²) < 4.78 is 23.0. The molecule has 0 aliphatic carbocycles. The van der Waals surface area contributed by atoms with Crippen LogP contribution < -0.4 is 10.6 Å². The molecule has 5 nitrogen and oxygen atoms in total. The van der Waals surface area contributed by atoms with Crippen molar-refractivity contribution in [3.8, 4) is 0 Å². The van der Waals surface area contributed by atoms with Crippen LogP contribution in [0, 0.1) is 6.92 Å². The summed E-state index contributed by atoms with van der Waals surface area (Å²) >= 11 is 0. The summed E-state index contributed by atoms with van der Waals surface area (Å²) in [6.07, 6.45) is 2.04. The Morgan fingerprint density at radius 1 is 1.42 bits per heavy atom. The minimum absolute atomic E-state index is 0.119. The van der Waals surface area contributed by atoms with Gasteiger partial charge in [0.2, 0.25) is 0 Å². The van der Waals surface area contributed by atoms with E-state index >= 15 is 0 Å². The average Bonchev–Trinajstić information content (AvgIpc) is 2.80. The quantitative estimate of drug-likeness (QED) is 0.846. The molecule has 0 bridgehead atoms. The molecule has 0 radical (unpaired) electrons. The number of rotatable bonds is 3. The summed E-state index contributed by atoms with van der Waals surface area (Å²) in [5.41, 5.74) is 1.20. The minimum Gasteiger partial charge on any atom is -0.348 e. The maximum atomic E-state index is 12.2. The van der Waals surface area contributed by atoms with Crippen molar-refractivity contribution in [2.24, 2.45) is 0 Å². The highest BCUT2D eigenvalue weighted by atomic mass is 32.2. The van der Waals surface area contributed by atoms with Crippen molar-refractivity contribution in [3.63, 3.8) is 0 Å². The first-order valence-electron chi connectivity index (χ1n) is 6.20. The van der Waals surface area contributed by atoms with Crippen LogP contribution in [0.1, 0.15) is 22.3 Å². The Bertz CT molecular complexity index is 590. The molecule has 2 rings (SSSR count). The zero-order valence-corrected chi connectivity index (χ0v) is 11.9. The van der Waals surface area contributed by atoms with Crippen LogP contribution in [0.5, 0.6) is 0 Å². The number of carbonyl (C=O) groups is 1. The van der Waals surface area contributed by atoms with Gasteiger partial charge >= 0.3 is 0 Å². The smallest absolute Gasteiger partial charge is 0.251 e. The van der Waals surface area contributed by atoms with E-state index in [1.807, 2.05) is 0 Å². The molecule has 19 heavy (non-hydrogen) atoms. The van der Waals surface area contributed by atoms with Crippen molar-refractivity contribution in [1.29, 1.82) is 0 Å². The van der Waals surface area contributed by atoms with E-state index in [9.17, 15) is 13.2 Å². The molecule has 0 spiro atoms. The standard InChI is InChI=1S/C13H18N2O3S/c1-9-3-4-11(19(2,17)18)7-12(9)13(16)15-10-5-6-14-8-10/h3-4,7,10,14H,5-6,8H2,1-2H3,(H,15,16). The molecule has 1 amide bonds. The summed E-state index contributed by atoms with van der Waals surface area (Å²) in [4.78, 5) is 12.3. The van der Waals surface area contributed by atoms with Crippen LogP contribution in [0.4, 0.5) is 0 Å². The number of hydrogen-bond acceptors (Lipinski definition) is 4. The monoisotopic (exact) mass is 282 g/mol. The Balaban J connectivity index is 2.25. The molecule has 0 aromatic heterocycles. The highest BCUT2D eigenvalue weighted by molar-refractivity contribution is 7.90. The van der Waals surface area contributed by atoms with Crippen LogP contribution >= 0.6 is 0 Å². The SMILES string of the molecule is Cc1ccc(S(C)(=O)=O)cc1C(=O)NC1CCNC1. The van der Waals surface area contributed by atoms with E-state index < -0.39 is 9.84 Å². The number of aryl methyl sites for hydroxylation is 1. The van der Waals surface area contributed by atoms with Crippen molar-refractivity contribution in [1.82, 2.24) is 10.6 Å².